The van der Waals surface area contributed by atoms with Crippen LogP contribution in [0, 0.1) is 0 Å². The molecule has 0 aliphatic carbocycles. The van der Waals surface area contributed by atoms with Crippen LogP contribution in [0.2, 0.25) is 0 Å². The minimum absolute atomic E-state index is 0.891. The molecule has 0 aromatic carbocycles. The molecule has 0 bridgehead atoms. The number of hydrogen-bond acceptors (Lipinski definition) is 0. The van der Waals surface area contributed by atoms with Crippen LogP contribution in [0.15, 0.2) is 11.3 Å². The molecular formula is C4H7Cl3Si. The van der Waals surface area contributed by atoms with E-state index in [2.05, 4.69) is 0 Å². The minimum atomic E-state index is -2.48. The van der Waals surface area contributed by atoms with Crippen LogP contribution in [0.3, 0.4) is 0 Å². The molecule has 0 aromatic heterocycles. The third kappa shape index (κ3) is 2.97. The Bertz CT molecular complexity index is 102. The van der Waals surface area contributed by atoms with Crippen molar-refractivity contribution in [1.29, 1.82) is 0 Å². The predicted octanol–water partition coefficient (Wildman–Crippen LogP) is 3.15. The second kappa shape index (κ2) is 3.11. The van der Waals surface area contributed by atoms with E-state index < -0.39 is 6.00 Å². The van der Waals surface area contributed by atoms with Crippen molar-refractivity contribution in [3.05, 3.63) is 11.3 Å². The summed E-state index contributed by atoms with van der Waals surface area (Å²) < 4.78 is 0. The lowest BCUT2D eigenvalue weighted by Gasteiger charge is -2.05. The Hall–Kier alpha value is 0.827. The van der Waals surface area contributed by atoms with E-state index in [0.717, 1.165) is 5.20 Å². The molecule has 0 heterocycles. The monoisotopic (exact) mass is 188 g/mol. The molecule has 48 valence electrons. The van der Waals surface area contributed by atoms with Crippen LogP contribution in [0.4, 0.5) is 0 Å². The molecule has 0 nitrogen and oxygen atoms in total. The topological polar surface area (TPSA) is 0 Å². The van der Waals surface area contributed by atoms with Gasteiger partial charge in [0, 0.05) is 0 Å². The molecule has 0 N–H and O–H groups in total. The molecule has 0 saturated heterocycles. The molecule has 0 aromatic rings. The highest BCUT2D eigenvalue weighted by Gasteiger charge is 2.26. The SMILES string of the molecule is C/C=C(\C)[Si](Cl)(Cl)Cl. The fourth-order valence-electron chi connectivity index (χ4n) is 0.164. The van der Waals surface area contributed by atoms with Crippen LogP contribution in [-0.4, -0.2) is 6.00 Å². The molecule has 0 rings (SSSR count). The van der Waals surface area contributed by atoms with E-state index in [1.807, 2.05) is 19.9 Å². The largest absolute Gasteiger partial charge is 0.368 e. The van der Waals surface area contributed by atoms with Gasteiger partial charge in [-0.15, -0.1) is 33.2 Å². The Balaban J connectivity index is 4.03. The van der Waals surface area contributed by atoms with E-state index in [9.17, 15) is 0 Å². The lowest BCUT2D eigenvalue weighted by Crippen LogP contribution is -2.10. The lowest BCUT2D eigenvalue weighted by molar-refractivity contribution is 1.57. The summed E-state index contributed by atoms with van der Waals surface area (Å²) in [5, 5.41) is 0.891. The van der Waals surface area contributed by atoms with Gasteiger partial charge in [-0.05, 0) is 19.0 Å². The Morgan fingerprint density at radius 2 is 1.75 bits per heavy atom. The van der Waals surface area contributed by atoms with Crippen LogP contribution in [0.25, 0.3) is 0 Å². The molecule has 0 aliphatic heterocycles. The maximum absolute atomic E-state index is 5.59. The fraction of sp³-hybridized carbons (Fsp3) is 0.500. The van der Waals surface area contributed by atoms with Gasteiger partial charge >= 0.3 is 6.00 Å². The van der Waals surface area contributed by atoms with E-state index in [4.69, 9.17) is 33.2 Å². The van der Waals surface area contributed by atoms with Gasteiger partial charge < -0.3 is 0 Å². The summed E-state index contributed by atoms with van der Waals surface area (Å²) in [5.41, 5.74) is 0. The van der Waals surface area contributed by atoms with Crippen molar-refractivity contribution in [3.8, 4) is 0 Å². The van der Waals surface area contributed by atoms with Gasteiger partial charge in [0.15, 0.2) is 0 Å². The molecule has 0 radical (unpaired) electrons. The van der Waals surface area contributed by atoms with Crippen molar-refractivity contribution in [3.63, 3.8) is 0 Å². The first-order valence-corrected chi connectivity index (χ1v) is 7.22. The summed E-state index contributed by atoms with van der Waals surface area (Å²) in [4.78, 5) is 0. The summed E-state index contributed by atoms with van der Waals surface area (Å²) in [6.07, 6.45) is 1.83. The van der Waals surface area contributed by atoms with E-state index >= 15 is 0 Å². The van der Waals surface area contributed by atoms with Crippen LogP contribution in [-0.2, 0) is 0 Å². The second-order valence-corrected chi connectivity index (χ2v) is 10.1. The highest BCUT2D eigenvalue weighted by molar-refractivity contribution is 7.67. The van der Waals surface area contributed by atoms with Crippen LogP contribution in [0.1, 0.15) is 13.8 Å². The first-order valence-electron chi connectivity index (χ1n) is 2.18. The van der Waals surface area contributed by atoms with Gasteiger partial charge in [-0.2, -0.15) is 0 Å². The maximum atomic E-state index is 5.59. The quantitative estimate of drug-likeness (QED) is 0.439. The van der Waals surface area contributed by atoms with Gasteiger partial charge in [-0.25, -0.2) is 0 Å². The predicted molar refractivity (Wildman–Crippen MR) is 42.7 cm³/mol. The highest BCUT2D eigenvalue weighted by Crippen LogP contribution is 2.27. The van der Waals surface area contributed by atoms with E-state index in [1.165, 1.54) is 0 Å². The van der Waals surface area contributed by atoms with Gasteiger partial charge in [0.25, 0.3) is 0 Å². The van der Waals surface area contributed by atoms with E-state index in [-0.39, 0.29) is 0 Å². The minimum Gasteiger partial charge on any atom is -0.121 e. The Morgan fingerprint density at radius 1 is 1.38 bits per heavy atom. The standard InChI is InChI=1S/C4H7Cl3Si/c1-3-4(2)8(5,6)7/h3H,1-2H3/b4-3+. The Labute approximate surface area is 64.6 Å². The van der Waals surface area contributed by atoms with Crippen LogP contribution < -0.4 is 0 Å². The zero-order chi connectivity index (χ0) is 6.78. The van der Waals surface area contributed by atoms with E-state index in [0.29, 0.717) is 0 Å². The molecule has 0 fully saturated rings. The zero-order valence-electron chi connectivity index (χ0n) is 4.71. The Kier molecular flexibility index (Phi) is 3.43. The summed E-state index contributed by atoms with van der Waals surface area (Å²) >= 11 is 16.8. The van der Waals surface area contributed by atoms with E-state index in [1.54, 1.807) is 0 Å². The fourth-order valence-corrected chi connectivity index (χ4v) is 1.47. The van der Waals surface area contributed by atoms with Gasteiger partial charge in [0.2, 0.25) is 0 Å². The average molecular weight is 190 g/mol. The normalized spacial score (nSPS) is 14.4. The number of allylic oxidation sites excluding steroid dienone is 2. The van der Waals surface area contributed by atoms with Gasteiger partial charge in [0.05, 0.1) is 0 Å². The smallest absolute Gasteiger partial charge is 0.121 e. The summed E-state index contributed by atoms with van der Waals surface area (Å²) in [7, 11) is 0. The number of halogens is 3. The molecule has 0 amide bonds. The van der Waals surface area contributed by atoms with Crippen molar-refractivity contribution in [1.82, 2.24) is 0 Å². The first kappa shape index (κ1) is 8.83. The number of hydrogen-bond donors (Lipinski definition) is 0. The van der Waals surface area contributed by atoms with Crippen molar-refractivity contribution >= 4 is 39.2 Å². The van der Waals surface area contributed by atoms with Crippen molar-refractivity contribution < 1.29 is 0 Å². The lowest BCUT2D eigenvalue weighted by atomic mass is 10.6. The van der Waals surface area contributed by atoms with Gasteiger partial charge in [-0.3, -0.25) is 0 Å². The molecule has 0 unspecified atom stereocenters. The van der Waals surface area contributed by atoms with Crippen molar-refractivity contribution in [2.45, 2.75) is 13.8 Å². The summed E-state index contributed by atoms with van der Waals surface area (Å²) in [6, 6.07) is -2.48. The third-order valence-electron chi connectivity index (χ3n) is 0.880. The zero-order valence-corrected chi connectivity index (χ0v) is 7.98. The van der Waals surface area contributed by atoms with Crippen LogP contribution in [0.5, 0.6) is 0 Å². The van der Waals surface area contributed by atoms with Gasteiger partial charge in [0.1, 0.15) is 0 Å². The first-order chi connectivity index (χ1) is 3.48. The van der Waals surface area contributed by atoms with Crippen molar-refractivity contribution in [2.24, 2.45) is 0 Å². The van der Waals surface area contributed by atoms with Crippen molar-refractivity contribution in [2.75, 3.05) is 0 Å². The molecule has 0 spiro atoms. The molecule has 0 aliphatic rings. The molecule has 8 heavy (non-hydrogen) atoms. The third-order valence-corrected chi connectivity index (χ3v) is 4.75. The maximum Gasteiger partial charge on any atom is 0.368 e. The molecule has 0 atom stereocenters. The van der Waals surface area contributed by atoms with Crippen LogP contribution >= 0.6 is 33.2 Å². The Morgan fingerprint density at radius 3 is 1.75 bits per heavy atom. The number of rotatable bonds is 1. The average Bonchev–Trinajstić information content (AvgIpc) is 1.62. The summed E-state index contributed by atoms with van der Waals surface area (Å²) in [6.45, 7) is 3.70. The second-order valence-electron chi connectivity index (χ2n) is 1.47. The molecular weight excluding hydrogens is 182 g/mol. The molecule has 4 heteroatoms. The summed E-state index contributed by atoms with van der Waals surface area (Å²) in [5.74, 6) is 0. The highest BCUT2D eigenvalue weighted by atomic mass is 35.8. The van der Waals surface area contributed by atoms with Gasteiger partial charge in [-0.1, -0.05) is 6.08 Å². The molecule has 0 saturated carbocycles.